The second-order valence-electron chi connectivity index (χ2n) is 5.09. The molecule has 1 N–H and O–H groups in total. The van der Waals surface area contributed by atoms with Crippen molar-refractivity contribution in [1.82, 2.24) is 4.90 Å². The molecule has 1 aliphatic rings. The Morgan fingerprint density at radius 2 is 2.23 bits per heavy atom. The molecule has 1 aromatic carbocycles. The summed E-state index contributed by atoms with van der Waals surface area (Å²) >= 11 is 5.71. The molecule has 0 aliphatic carbocycles. The summed E-state index contributed by atoms with van der Waals surface area (Å²) in [6.07, 6.45) is 1.82. The zero-order chi connectivity index (χ0) is 16.1. The summed E-state index contributed by atoms with van der Waals surface area (Å²) in [4.78, 5) is 25.6. The number of rotatable bonds is 4. The van der Waals surface area contributed by atoms with E-state index < -0.39 is 17.6 Å². The third-order valence-electron chi connectivity index (χ3n) is 3.43. The standard InChI is InChI=1S/C15H18ClFN2O3/c1-2-19(9-13-4-3-5-22-13)15(21)14(20)18-12-7-10(16)6-11(17)8-12/h6-8,13H,2-5,9H2,1H3,(H,18,20)/t13-/m1/s1. The van der Waals surface area contributed by atoms with Crippen LogP contribution in [0.25, 0.3) is 0 Å². The van der Waals surface area contributed by atoms with Crippen LogP contribution in [0.15, 0.2) is 18.2 Å². The summed E-state index contributed by atoms with van der Waals surface area (Å²) in [7, 11) is 0. The van der Waals surface area contributed by atoms with Crippen LogP contribution in [0.3, 0.4) is 0 Å². The van der Waals surface area contributed by atoms with E-state index in [1.54, 1.807) is 6.92 Å². The first-order valence-corrected chi connectivity index (χ1v) is 7.55. The summed E-state index contributed by atoms with van der Waals surface area (Å²) in [6, 6.07) is 3.61. The number of nitrogens with one attached hydrogen (secondary N) is 1. The van der Waals surface area contributed by atoms with Crippen LogP contribution in [0.2, 0.25) is 5.02 Å². The molecule has 1 saturated heterocycles. The number of hydrogen-bond donors (Lipinski definition) is 1. The first kappa shape index (κ1) is 16.7. The molecule has 0 bridgehead atoms. The molecule has 1 fully saturated rings. The van der Waals surface area contributed by atoms with Crippen LogP contribution < -0.4 is 5.32 Å². The molecule has 2 amide bonds. The molecule has 0 aromatic heterocycles. The van der Waals surface area contributed by atoms with Gasteiger partial charge in [-0.25, -0.2) is 4.39 Å². The summed E-state index contributed by atoms with van der Waals surface area (Å²) in [5, 5.41) is 2.52. The number of anilines is 1. The van der Waals surface area contributed by atoms with Crippen molar-refractivity contribution in [3.63, 3.8) is 0 Å². The zero-order valence-electron chi connectivity index (χ0n) is 12.3. The summed E-state index contributed by atoms with van der Waals surface area (Å²) in [5.41, 5.74) is 0.150. The van der Waals surface area contributed by atoms with E-state index >= 15 is 0 Å². The second-order valence-corrected chi connectivity index (χ2v) is 5.53. The van der Waals surface area contributed by atoms with E-state index in [-0.39, 0.29) is 16.8 Å². The lowest BCUT2D eigenvalue weighted by Crippen LogP contribution is -2.43. The zero-order valence-corrected chi connectivity index (χ0v) is 13.0. The van der Waals surface area contributed by atoms with Gasteiger partial charge in [-0.1, -0.05) is 11.6 Å². The van der Waals surface area contributed by atoms with Crippen LogP contribution in [0.4, 0.5) is 10.1 Å². The lowest BCUT2D eigenvalue weighted by Gasteiger charge is -2.23. The molecule has 1 atom stereocenters. The van der Waals surface area contributed by atoms with Gasteiger partial charge in [0, 0.05) is 30.4 Å². The fourth-order valence-electron chi connectivity index (χ4n) is 2.34. The minimum atomic E-state index is -0.818. The van der Waals surface area contributed by atoms with Gasteiger partial charge in [0.1, 0.15) is 5.82 Å². The number of benzene rings is 1. The van der Waals surface area contributed by atoms with Gasteiger partial charge in [-0.2, -0.15) is 0 Å². The van der Waals surface area contributed by atoms with E-state index in [0.717, 1.165) is 25.0 Å². The molecule has 120 valence electrons. The maximum absolute atomic E-state index is 13.2. The number of amides is 2. The van der Waals surface area contributed by atoms with Crippen LogP contribution in [0.1, 0.15) is 19.8 Å². The van der Waals surface area contributed by atoms with Gasteiger partial charge in [-0.3, -0.25) is 9.59 Å². The van der Waals surface area contributed by atoms with E-state index in [4.69, 9.17) is 16.3 Å². The number of carbonyl (C=O) groups excluding carboxylic acids is 2. The number of likely N-dealkylation sites (N-methyl/N-ethyl adjacent to an activating group) is 1. The van der Waals surface area contributed by atoms with Crippen molar-refractivity contribution in [2.24, 2.45) is 0 Å². The molecule has 1 aliphatic heterocycles. The van der Waals surface area contributed by atoms with Crippen molar-refractivity contribution in [1.29, 1.82) is 0 Å². The minimum Gasteiger partial charge on any atom is -0.376 e. The number of ether oxygens (including phenoxy) is 1. The normalized spacial score (nSPS) is 17.3. The van der Waals surface area contributed by atoms with Gasteiger partial charge < -0.3 is 15.0 Å². The highest BCUT2D eigenvalue weighted by molar-refractivity contribution is 6.39. The molecule has 0 saturated carbocycles. The molecule has 0 radical (unpaired) electrons. The van der Waals surface area contributed by atoms with Crippen molar-refractivity contribution in [3.05, 3.63) is 29.0 Å². The van der Waals surface area contributed by atoms with Crippen LogP contribution >= 0.6 is 11.6 Å². The first-order valence-electron chi connectivity index (χ1n) is 7.17. The monoisotopic (exact) mass is 328 g/mol. The fourth-order valence-corrected chi connectivity index (χ4v) is 2.57. The number of carbonyl (C=O) groups is 2. The Kier molecular flexibility index (Phi) is 5.74. The Bertz CT molecular complexity index is 541. The van der Waals surface area contributed by atoms with Crippen LogP contribution in [-0.4, -0.2) is 42.5 Å². The maximum Gasteiger partial charge on any atom is 0.313 e. The van der Waals surface area contributed by atoms with Crippen LogP contribution in [0.5, 0.6) is 0 Å². The average Bonchev–Trinajstić information content (AvgIpc) is 2.95. The van der Waals surface area contributed by atoms with E-state index in [1.807, 2.05) is 0 Å². The molecule has 1 heterocycles. The summed E-state index contributed by atoms with van der Waals surface area (Å²) < 4.78 is 18.7. The Morgan fingerprint density at radius 1 is 1.45 bits per heavy atom. The van der Waals surface area contributed by atoms with Gasteiger partial charge in [-0.05, 0) is 38.0 Å². The molecule has 0 spiro atoms. The summed E-state index contributed by atoms with van der Waals surface area (Å²) in [5.74, 6) is -2.07. The van der Waals surface area contributed by atoms with Crippen molar-refractivity contribution in [3.8, 4) is 0 Å². The minimum absolute atomic E-state index is 0.0275. The van der Waals surface area contributed by atoms with Crippen molar-refractivity contribution < 1.29 is 18.7 Å². The average molecular weight is 329 g/mol. The van der Waals surface area contributed by atoms with E-state index in [1.165, 1.54) is 11.0 Å². The number of hydrogen-bond acceptors (Lipinski definition) is 3. The van der Waals surface area contributed by atoms with Gasteiger partial charge in [0.2, 0.25) is 0 Å². The molecule has 5 nitrogen and oxygen atoms in total. The van der Waals surface area contributed by atoms with Crippen molar-refractivity contribution in [2.75, 3.05) is 25.0 Å². The Balaban J connectivity index is 1.98. The largest absolute Gasteiger partial charge is 0.376 e. The predicted octanol–water partition coefficient (Wildman–Crippen LogP) is 2.45. The smallest absolute Gasteiger partial charge is 0.313 e. The lowest BCUT2D eigenvalue weighted by atomic mass is 10.2. The quantitative estimate of drug-likeness (QED) is 0.864. The molecular weight excluding hydrogens is 311 g/mol. The molecular formula is C15H18ClFN2O3. The van der Waals surface area contributed by atoms with Gasteiger partial charge in [-0.15, -0.1) is 0 Å². The highest BCUT2D eigenvalue weighted by Gasteiger charge is 2.25. The topological polar surface area (TPSA) is 58.6 Å². The molecule has 2 rings (SSSR count). The van der Waals surface area contributed by atoms with E-state index in [0.29, 0.717) is 19.7 Å². The van der Waals surface area contributed by atoms with Crippen molar-refractivity contribution in [2.45, 2.75) is 25.9 Å². The highest BCUT2D eigenvalue weighted by Crippen LogP contribution is 2.18. The highest BCUT2D eigenvalue weighted by atomic mass is 35.5. The van der Waals surface area contributed by atoms with E-state index in [2.05, 4.69) is 5.32 Å². The molecule has 1 aromatic rings. The Labute approximate surface area is 133 Å². The molecule has 0 unspecified atom stereocenters. The Morgan fingerprint density at radius 3 is 2.82 bits per heavy atom. The summed E-state index contributed by atoms with van der Waals surface area (Å²) in [6.45, 7) is 3.26. The van der Waals surface area contributed by atoms with Gasteiger partial charge >= 0.3 is 11.8 Å². The predicted molar refractivity (Wildman–Crippen MR) is 81.3 cm³/mol. The lowest BCUT2D eigenvalue weighted by molar-refractivity contribution is -0.144. The number of halogens is 2. The van der Waals surface area contributed by atoms with Gasteiger partial charge in [0.05, 0.1) is 6.10 Å². The maximum atomic E-state index is 13.2. The van der Waals surface area contributed by atoms with Gasteiger partial charge in [0.15, 0.2) is 0 Å². The van der Waals surface area contributed by atoms with Gasteiger partial charge in [0.25, 0.3) is 0 Å². The van der Waals surface area contributed by atoms with Crippen molar-refractivity contribution >= 4 is 29.1 Å². The molecule has 7 heteroatoms. The van der Waals surface area contributed by atoms with E-state index in [9.17, 15) is 14.0 Å². The third-order valence-corrected chi connectivity index (χ3v) is 3.65. The fraction of sp³-hybridized carbons (Fsp3) is 0.467. The SMILES string of the molecule is CCN(C[C@H]1CCCO1)C(=O)C(=O)Nc1cc(F)cc(Cl)c1. The van der Waals surface area contributed by atoms with Crippen LogP contribution in [0, 0.1) is 5.82 Å². The third kappa shape index (κ3) is 4.42. The van der Waals surface area contributed by atoms with Crippen LogP contribution in [-0.2, 0) is 14.3 Å². The first-order chi connectivity index (χ1) is 10.5. The second kappa shape index (κ2) is 7.56. The molecule has 22 heavy (non-hydrogen) atoms. The number of nitrogens with zero attached hydrogens (tertiary/aromatic N) is 1. The Hall–Kier alpha value is -1.66.